The maximum Gasteiger partial charge on any atom is 0.181 e. The first-order valence-electron chi connectivity index (χ1n) is 6.55. The fourth-order valence-corrected chi connectivity index (χ4v) is 2.55. The van der Waals surface area contributed by atoms with E-state index in [9.17, 15) is 5.11 Å². The molecule has 0 saturated heterocycles. The van der Waals surface area contributed by atoms with E-state index in [2.05, 4.69) is 16.4 Å². The van der Waals surface area contributed by atoms with Gasteiger partial charge in [0.2, 0.25) is 0 Å². The van der Waals surface area contributed by atoms with Gasteiger partial charge in [0.05, 0.1) is 6.10 Å². The van der Waals surface area contributed by atoms with Crippen LogP contribution in [-0.2, 0) is 6.54 Å². The molecular formula is C14H18N2O2. The molecule has 1 aliphatic rings. The highest BCUT2D eigenvalue weighted by atomic mass is 16.3. The number of rotatable bonds is 3. The highest BCUT2D eigenvalue weighted by Gasteiger charge is 2.18. The van der Waals surface area contributed by atoms with Gasteiger partial charge in [-0.2, -0.15) is 0 Å². The van der Waals surface area contributed by atoms with Crippen LogP contribution in [0.15, 0.2) is 29.0 Å². The van der Waals surface area contributed by atoms with Crippen LogP contribution in [0.5, 0.6) is 0 Å². The summed E-state index contributed by atoms with van der Waals surface area (Å²) in [5, 5.41) is 13.0. The van der Waals surface area contributed by atoms with Crippen LogP contribution in [0.3, 0.4) is 0 Å². The van der Waals surface area contributed by atoms with Gasteiger partial charge in [0.25, 0.3) is 0 Å². The number of benzene rings is 1. The average Bonchev–Trinajstić information content (AvgIpc) is 2.85. The van der Waals surface area contributed by atoms with Crippen molar-refractivity contribution < 1.29 is 9.52 Å². The third-order valence-electron chi connectivity index (χ3n) is 3.69. The summed E-state index contributed by atoms with van der Waals surface area (Å²) in [6, 6.07) is 6.63. The third-order valence-corrected chi connectivity index (χ3v) is 3.69. The zero-order chi connectivity index (χ0) is 12.4. The van der Waals surface area contributed by atoms with Crippen molar-refractivity contribution in [2.45, 2.75) is 44.4 Å². The molecule has 3 rings (SSSR count). The monoisotopic (exact) mass is 246 g/mol. The SMILES string of the molecule is OC1CCC(NCc2ccc3ncoc3c2)CC1. The van der Waals surface area contributed by atoms with Crippen LogP contribution in [0.4, 0.5) is 0 Å². The van der Waals surface area contributed by atoms with E-state index in [0.29, 0.717) is 6.04 Å². The maximum atomic E-state index is 9.46. The number of aliphatic hydroxyl groups is 1. The molecule has 1 aromatic carbocycles. The van der Waals surface area contributed by atoms with Gasteiger partial charge in [0, 0.05) is 12.6 Å². The maximum absolute atomic E-state index is 9.46. The molecular weight excluding hydrogens is 228 g/mol. The van der Waals surface area contributed by atoms with Crippen molar-refractivity contribution in [1.82, 2.24) is 10.3 Å². The Kier molecular flexibility index (Phi) is 3.30. The minimum atomic E-state index is -0.0893. The fourth-order valence-electron chi connectivity index (χ4n) is 2.55. The lowest BCUT2D eigenvalue weighted by atomic mass is 9.93. The van der Waals surface area contributed by atoms with E-state index in [1.807, 2.05) is 12.1 Å². The van der Waals surface area contributed by atoms with Crippen molar-refractivity contribution in [1.29, 1.82) is 0 Å². The van der Waals surface area contributed by atoms with Crippen molar-refractivity contribution in [3.63, 3.8) is 0 Å². The molecule has 0 amide bonds. The van der Waals surface area contributed by atoms with Gasteiger partial charge in [-0.25, -0.2) is 4.98 Å². The van der Waals surface area contributed by atoms with Gasteiger partial charge in [0.1, 0.15) is 5.52 Å². The Labute approximate surface area is 106 Å². The molecule has 1 aliphatic carbocycles. The summed E-state index contributed by atoms with van der Waals surface area (Å²) in [6.07, 6.45) is 5.34. The predicted molar refractivity (Wildman–Crippen MR) is 69.1 cm³/mol. The van der Waals surface area contributed by atoms with E-state index >= 15 is 0 Å². The summed E-state index contributed by atoms with van der Waals surface area (Å²) >= 11 is 0. The Morgan fingerprint density at radius 3 is 2.94 bits per heavy atom. The third kappa shape index (κ3) is 2.54. The molecule has 0 atom stereocenters. The van der Waals surface area contributed by atoms with Gasteiger partial charge >= 0.3 is 0 Å². The summed E-state index contributed by atoms with van der Waals surface area (Å²) in [4.78, 5) is 4.10. The van der Waals surface area contributed by atoms with Crippen molar-refractivity contribution in [2.75, 3.05) is 0 Å². The second kappa shape index (κ2) is 5.08. The molecule has 1 saturated carbocycles. The molecule has 0 bridgehead atoms. The van der Waals surface area contributed by atoms with Gasteiger partial charge in [-0.15, -0.1) is 0 Å². The molecule has 2 N–H and O–H groups in total. The molecule has 4 heteroatoms. The number of hydrogen-bond donors (Lipinski definition) is 2. The second-order valence-corrected chi connectivity index (χ2v) is 5.04. The first-order chi connectivity index (χ1) is 8.81. The molecule has 0 radical (unpaired) electrons. The van der Waals surface area contributed by atoms with Crippen LogP contribution in [0, 0.1) is 0 Å². The number of nitrogens with zero attached hydrogens (tertiary/aromatic N) is 1. The Bertz CT molecular complexity index is 515. The topological polar surface area (TPSA) is 58.3 Å². The van der Waals surface area contributed by atoms with Crippen molar-refractivity contribution in [3.05, 3.63) is 30.2 Å². The van der Waals surface area contributed by atoms with Crippen LogP contribution in [0.2, 0.25) is 0 Å². The normalized spacial score (nSPS) is 24.5. The van der Waals surface area contributed by atoms with Crippen molar-refractivity contribution in [2.24, 2.45) is 0 Å². The summed E-state index contributed by atoms with van der Waals surface area (Å²) in [7, 11) is 0. The number of nitrogens with one attached hydrogen (secondary N) is 1. The Hall–Kier alpha value is -1.39. The largest absolute Gasteiger partial charge is 0.443 e. The zero-order valence-electron chi connectivity index (χ0n) is 10.3. The van der Waals surface area contributed by atoms with Gasteiger partial charge in [-0.3, -0.25) is 0 Å². The molecule has 1 heterocycles. The lowest BCUT2D eigenvalue weighted by Crippen LogP contribution is -2.34. The Morgan fingerprint density at radius 2 is 2.11 bits per heavy atom. The first-order valence-corrected chi connectivity index (χ1v) is 6.55. The highest BCUT2D eigenvalue weighted by molar-refractivity contribution is 5.72. The first kappa shape index (κ1) is 11.7. The van der Waals surface area contributed by atoms with Gasteiger partial charge < -0.3 is 14.8 Å². The van der Waals surface area contributed by atoms with E-state index in [0.717, 1.165) is 43.3 Å². The van der Waals surface area contributed by atoms with Gasteiger partial charge in [0.15, 0.2) is 12.0 Å². The molecule has 4 nitrogen and oxygen atoms in total. The lowest BCUT2D eigenvalue weighted by Gasteiger charge is -2.26. The van der Waals surface area contributed by atoms with Crippen LogP contribution < -0.4 is 5.32 Å². The minimum Gasteiger partial charge on any atom is -0.443 e. The molecule has 1 fully saturated rings. The molecule has 0 unspecified atom stereocenters. The van der Waals surface area contributed by atoms with Crippen LogP contribution in [-0.4, -0.2) is 22.2 Å². The Morgan fingerprint density at radius 1 is 1.28 bits per heavy atom. The highest BCUT2D eigenvalue weighted by Crippen LogP contribution is 2.19. The smallest absolute Gasteiger partial charge is 0.181 e. The molecule has 0 spiro atoms. The van der Waals surface area contributed by atoms with Crippen LogP contribution >= 0.6 is 0 Å². The lowest BCUT2D eigenvalue weighted by molar-refractivity contribution is 0.116. The minimum absolute atomic E-state index is 0.0893. The van der Waals surface area contributed by atoms with Crippen molar-refractivity contribution >= 4 is 11.1 Å². The Balaban J connectivity index is 1.59. The van der Waals surface area contributed by atoms with E-state index in [-0.39, 0.29) is 6.10 Å². The molecule has 96 valence electrons. The molecule has 2 aromatic rings. The number of aromatic nitrogens is 1. The average molecular weight is 246 g/mol. The fraction of sp³-hybridized carbons (Fsp3) is 0.500. The summed E-state index contributed by atoms with van der Waals surface area (Å²) in [5.41, 5.74) is 2.96. The summed E-state index contributed by atoms with van der Waals surface area (Å²) < 4.78 is 5.29. The molecule has 0 aliphatic heterocycles. The number of fused-ring (bicyclic) bond motifs is 1. The van der Waals surface area contributed by atoms with E-state index in [1.54, 1.807) is 0 Å². The van der Waals surface area contributed by atoms with Gasteiger partial charge in [-0.1, -0.05) is 6.07 Å². The standard InChI is InChI=1S/C14H18N2O2/c17-12-4-2-11(3-5-12)15-8-10-1-6-13-14(7-10)18-9-16-13/h1,6-7,9,11-12,15,17H,2-5,8H2. The van der Waals surface area contributed by atoms with Crippen molar-refractivity contribution in [3.8, 4) is 0 Å². The van der Waals surface area contributed by atoms with E-state index in [1.165, 1.54) is 12.0 Å². The molecule has 1 aromatic heterocycles. The number of aliphatic hydroxyl groups excluding tert-OH is 1. The zero-order valence-corrected chi connectivity index (χ0v) is 10.3. The second-order valence-electron chi connectivity index (χ2n) is 5.04. The van der Waals surface area contributed by atoms with E-state index < -0.39 is 0 Å². The number of hydrogen-bond acceptors (Lipinski definition) is 4. The van der Waals surface area contributed by atoms with Crippen LogP contribution in [0.1, 0.15) is 31.2 Å². The van der Waals surface area contributed by atoms with Gasteiger partial charge in [-0.05, 0) is 43.4 Å². The summed E-state index contributed by atoms with van der Waals surface area (Å²) in [6.45, 7) is 0.845. The number of oxazole rings is 1. The molecule has 18 heavy (non-hydrogen) atoms. The van der Waals surface area contributed by atoms with Crippen LogP contribution in [0.25, 0.3) is 11.1 Å². The summed E-state index contributed by atoms with van der Waals surface area (Å²) in [5.74, 6) is 0. The van der Waals surface area contributed by atoms with E-state index in [4.69, 9.17) is 4.42 Å². The predicted octanol–water partition coefficient (Wildman–Crippen LogP) is 2.22. The quantitative estimate of drug-likeness (QED) is 0.872.